The number of carbonyl (C=O) groups is 1. The minimum absolute atomic E-state index is 0.358. The van der Waals surface area contributed by atoms with E-state index in [9.17, 15) is 25.2 Å². The van der Waals surface area contributed by atoms with Gasteiger partial charge in [0.1, 0.15) is 12.2 Å². The summed E-state index contributed by atoms with van der Waals surface area (Å²) in [6, 6.07) is -1.01. The Morgan fingerprint density at radius 1 is 0.352 bits per heavy atom. The average Bonchev–Trinajstić information content (AvgIpc) is 3.38. The predicted molar refractivity (Wildman–Crippen MR) is 311 cm³/mol. The lowest BCUT2D eigenvalue weighted by atomic mass is 10.00. The molecule has 1 amide bonds. The van der Waals surface area contributed by atoms with Crippen LogP contribution in [0.4, 0.5) is 0 Å². The molecule has 0 rings (SSSR count). The van der Waals surface area contributed by atoms with Crippen molar-refractivity contribution in [2.45, 2.75) is 340 Å². The fourth-order valence-corrected chi connectivity index (χ4v) is 9.53. The fraction of sp³-hybridized carbons (Fsp3) is 0.831. The Kier molecular flexibility index (Phi) is 57.2. The first-order valence-corrected chi connectivity index (χ1v) is 31.2. The van der Waals surface area contributed by atoms with Gasteiger partial charge in [-0.2, -0.15) is 0 Å². The molecule has 0 radical (unpaired) electrons. The van der Waals surface area contributed by atoms with Gasteiger partial charge in [-0.25, -0.2) is 0 Å². The predicted octanol–water partition coefficient (Wildman–Crippen LogP) is 18.7. The van der Waals surface area contributed by atoms with Gasteiger partial charge in [-0.1, -0.05) is 280 Å². The summed E-state index contributed by atoms with van der Waals surface area (Å²) in [4.78, 5) is 12.6. The van der Waals surface area contributed by atoms with Crippen LogP contribution in [0.3, 0.4) is 0 Å². The molecule has 416 valence electrons. The molecule has 0 saturated carbocycles. The molecule has 0 fully saturated rings. The first-order valence-electron chi connectivity index (χ1n) is 31.2. The van der Waals surface area contributed by atoms with Gasteiger partial charge < -0.3 is 25.7 Å². The first kappa shape index (κ1) is 69.0. The molecule has 0 aliphatic rings. The SMILES string of the molecule is CCCCCCCCCCC/C=C\C/C=C\CCCCCCCCCCCCCCCCCCC(O)C(=O)NC(CO)C(O)C(O)CCC/C=C/CC/C=C/CC/C=C/CCCCCCCCCCCC. The van der Waals surface area contributed by atoms with Gasteiger partial charge in [-0.3, -0.25) is 4.79 Å². The lowest BCUT2D eigenvalue weighted by Gasteiger charge is -2.27. The number of amides is 1. The zero-order chi connectivity index (χ0) is 51.6. The number of aliphatic hydroxyl groups is 4. The van der Waals surface area contributed by atoms with E-state index in [1.54, 1.807) is 0 Å². The van der Waals surface area contributed by atoms with Crippen LogP contribution in [-0.2, 0) is 4.79 Å². The fourth-order valence-electron chi connectivity index (χ4n) is 9.53. The number of unbranched alkanes of at least 4 members (excludes halogenated alkanes) is 38. The monoisotopic (exact) mass is 996 g/mol. The normalized spacial score (nSPS) is 14.1. The van der Waals surface area contributed by atoms with Crippen molar-refractivity contribution in [2.75, 3.05) is 6.61 Å². The van der Waals surface area contributed by atoms with E-state index >= 15 is 0 Å². The number of hydrogen-bond acceptors (Lipinski definition) is 5. The molecule has 0 heterocycles. The molecule has 0 aliphatic carbocycles. The minimum atomic E-state index is -1.30. The standard InChI is InChI=1S/C65H121NO5/c1-3-5-7-9-11-13-15-17-19-21-23-25-27-28-29-30-31-32-33-34-35-37-39-41-43-45-47-49-51-53-55-57-59-63(69)65(71)66-61(60-67)64(70)62(68)58-56-54-52-50-48-46-44-42-40-38-36-26-24-22-20-18-16-14-12-10-8-6-4-2/h23,25-26,28-29,36,42,44,50,52,61-64,67-70H,3-22,24,27,30-35,37-41,43,45-49,51,53-60H2,1-2H3,(H,66,71)/b25-23-,29-28-,36-26+,44-42+,52-50+. The Bertz CT molecular complexity index is 1210. The summed E-state index contributed by atoms with van der Waals surface area (Å²) in [7, 11) is 0. The largest absolute Gasteiger partial charge is 0.394 e. The topological polar surface area (TPSA) is 110 Å². The van der Waals surface area contributed by atoms with Crippen molar-refractivity contribution >= 4 is 5.91 Å². The van der Waals surface area contributed by atoms with Crippen molar-refractivity contribution in [1.29, 1.82) is 0 Å². The zero-order valence-corrected chi connectivity index (χ0v) is 47.2. The summed E-state index contributed by atoms with van der Waals surface area (Å²) < 4.78 is 0. The molecule has 0 saturated heterocycles. The number of allylic oxidation sites excluding steroid dienone is 10. The molecule has 5 N–H and O–H groups in total. The molecule has 4 atom stereocenters. The second-order valence-corrected chi connectivity index (χ2v) is 21.4. The summed E-state index contributed by atoms with van der Waals surface area (Å²) in [5, 5.41) is 44.0. The van der Waals surface area contributed by atoms with Crippen LogP contribution in [-0.4, -0.2) is 57.3 Å². The number of aliphatic hydroxyl groups excluding tert-OH is 4. The summed E-state index contributed by atoms with van der Waals surface area (Å²) in [6.45, 7) is 4.06. The molecular formula is C65H121NO5. The number of carbonyl (C=O) groups excluding carboxylic acids is 1. The van der Waals surface area contributed by atoms with E-state index in [1.807, 2.05) is 0 Å². The smallest absolute Gasteiger partial charge is 0.249 e. The molecule has 0 spiro atoms. The van der Waals surface area contributed by atoms with E-state index in [4.69, 9.17) is 0 Å². The highest BCUT2D eigenvalue weighted by atomic mass is 16.3. The maximum absolute atomic E-state index is 12.6. The van der Waals surface area contributed by atoms with Crippen molar-refractivity contribution in [3.05, 3.63) is 60.8 Å². The van der Waals surface area contributed by atoms with Crippen LogP contribution in [0.15, 0.2) is 60.8 Å². The highest BCUT2D eigenvalue weighted by Crippen LogP contribution is 2.17. The third-order valence-corrected chi connectivity index (χ3v) is 14.4. The van der Waals surface area contributed by atoms with Gasteiger partial charge in [0.2, 0.25) is 5.91 Å². The van der Waals surface area contributed by atoms with Crippen molar-refractivity contribution in [2.24, 2.45) is 0 Å². The van der Waals surface area contributed by atoms with Crippen LogP contribution in [0.25, 0.3) is 0 Å². The zero-order valence-electron chi connectivity index (χ0n) is 47.2. The van der Waals surface area contributed by atoms with E-state index in [0.717, 1.165) is 57.8 Å². The number of rotatable bonds is 57. The molecule has 6 nitrogen and oxygen atoms in total. The van der Waals surface area contributed by atoms with Gasteiger partial charge in [0.25, 0.3) is 0 Å². The molecule has 71 heavy (non-hydrogen) atoms. The Balaban J connectivity index is 3.65. The highest BCUT2D eigenvalue weighted by molar-refractivity contribution is 5.80. The van der Waals surface area contributed by atoms with E-state index in [0.29, 0.717) is 19.3 Å². The molecule has 0 aromatic rings. The number of nitrogens with one attached hydrogen (secondary N) is 1. The molecule has 0 aromatic heterocycles. The van der Waals surface area contributed by atoms with Crippen LogP contribution in [0, 0.1) is 0 Å². The van der Waals surface area contributed by atoms with Crippen molar-refractivity contribution in [3.8, 4) is 0 Å². The van der Waals surface area contributed by atoms with Crippen molar-refractivity contribution < 1.29 is 25.2 Å². The summed E-state index contributed by atoms with van der Waals surface area (Å²) >= 11 is 0. The van der Waals surface area contributed by atoms with E-state index in [-0.39, 0.29) is 0 Å². The van der Waals surface area contributed by atoms with Crippen LogP contribution < -0.4 is 5.32 Å². The Labute approximate surface area is 442 Å². The Hall–Kier alpha value is -1.99. The maximum atomic E-state index is 12.6. The molecule has 6 heteroatoms. The first-order chi connectivity index (χ1) is 35.0. The third-order valence-electron chi connectivity index (χ3n) is 14.4. The highest BCUT2D eigenvalue weighted by Gasteiger charge is 2.28. The van der Waals surface area contributed by atoms with Crippen LogP contribution in [0.1, 0.15) is 316 Å². The number of hydrogen-bond donors (Lipinski definition) is 5. The molecule has 0 aliphatic heterocycles. The van der Waals surface area contributed by atoms with Crippen molar-refractivity contribution in [3.63, 3.8) is 0 Å². The lowest BCUT2D eigenvalue weighted by Crippen LogP contribution is -2.53. The summed E-state index contributed by atoms with van der Waals surface area (Å²) in [6.07, 6.45) is 77.4. The maximum Gasteiger partial charge on any atom is 0.249 e. The second-order valence-electron chi connectivity index (χ2n) is 21.4. The van der Waals surface area contributed by atoms with E-state index in [2.05, 4.69) is 79.9 Å². The van der Waals surface area contributed by atoms with E-state index < -0.39 is 36.9 Å². The second kappa shape index (κ2) is 58.9. The third kappa shape index (κ3) is 52.7. The van der Waals surface area contributed by atoms with Crippen LogP contribution in [0.5, 0.6) is 0 Å². The van der Waals surface area contributed by atoms with Gasteiger partial charge in [-0.15, -0.1) is 0 Å². The molecule has 0 aromatic carbocycles. The minimum Gasteiger partial charge on any atom is -0.394 e. The van der Waals surface area contributed by atoms with Gasteiger partial charge >= 0.3 is 0 Å². The quantitative estimate of drug-likeness (QED) is 0.0308. The van der Waals surface area contributed by atoms with Gasteiger partial charge in [-0.05, 0) is 96.3 Å². The average molecular weight is 997 g/mol. The molecule has 4 unspecified atom stereocenters. The molecular weight excluding hydrogens is 875 g/mol. The molecule has 0 bridgehead atoms. The van der Waals surface area contributed by atoms with Crippen LogP contribution >= 0.6 is 0 Å². The van der Waals surface area contributed by atoms with Crippen LogP contribution in [0.2, 0.25) is 0 Å². The van der Waals surface area contributed by atoms with Gasteiger partial charge in [0.15, 0.2) is 0 Å². The lowest BCUT2D eigenvalue weighted by molar-refractivity contribution is -0.132. The van der Waals surface area contributed by atoms with Gasteiger partial charge in [0, 0.05) is 0 Å². The Morgan fingerprint density at radius 2 is 0.634 bits per heavy atom. The summed E-state index contributed by atoms with van der Waals surface area (Å²) in [5.41, 5.74) is 0. The van der Waals surface area contributed by atoms with Crippen molar-refractivity contribution in [1.82, 2.24) is 5.32 Å². The Morgan fingerprint density at radius 3 is 0.972 bits per heavy atom. The van der Waals surface area contributed by atoms with Gasteiger partial charge in [0.05, 0.1) is 18.8 Å². The summed E-state index contributed by atoms with van der Waals surface area (Å²) in [5.74, 6) is -0.597. The van der Waals surface area contributed by atoms with E-state index in [1.165, 1.54) is 225 Å².